The first kappa shape index (κ1) is 114. The van der Waals surface area contributed by atoms with E-state index in [2.05, 4.69) is 168 Å². The molecule has 1 fully saturated rings. The summed E-state index contributed by atoms with van der Waals surface area (Å²) >= 11 is 3.32. The number of allylic oxidation sites excluding steroid dienone is 14. The number of anilines is 2. The highest BCUT2D eigenvalue weighted by Crippen LogP contribution is 2.51. The van der Waals surface area contributed by atoms with E-state index >= 15 is 0 Å². The van der Waals surface area contributed by atoms with E-state index in [0.717, 1.165) is 135 Å². The quantitative estimate of drug-likeness (QED) is 0.00620. The minimum atomic E-state index is -4.41. The van der Waals surface area contributed by atoms with E-state index in [1.165, 1.54) is 16.8 Å². The molecule has 0 radical (unpaired) electrons. The van der Waals surface area contributed by atoms with Gasteiger partial charge in [-0.3, -0.25) is 42.7 Å². The van der Waals surface area contributed by atoms with Crippen LogP contribution in [0, 0.1) is 10.8 Å². The van der Waals surface area contributed by atoms with Crippen LogP contribution in [0.3, 0.4) is 0 Å². The van der Waals surface area contributed by atoms with Crippen LogP contribution in [0.15, 0.2) is 179 Å². The number of amides is 6. The SMILES string of the molecule is CCCCN1C(=CC=C2C=C(C=Cc3sc4ccccc4[n+]3CCC)CC(C(=O)NCCCCCC(=O)O)(C(=O)NCCS(=O)(=O)O)C2)C(C)(C)c2ccccc21.CCCCN1C(=CC=C2C=C(C=Cc3sc4ccccc4[n+]3CCC)CC(C(=O)NCCCCCC(=O)ON3C(=O)CCC3=O)(C(=O)NCCS(=O)(=O)O)C2)C(C)(C)c2ccccc21.O=S(=O)=O.O=S(=O)=O.O=S(=O)=O.O=S(=O)=O. The Balaban J connectivity index is 0.000000365. The van der Waals surface area contributed by atoms with Crippen LogP contribution >= 0.6 is 22.7 Å². The van der Waals surface area contributed by atoms with E-state index in [1.54, 1.807) is 22.7 Å². The van der Waals surface area contributed by atoms with Crippen LogP contribution in [-0.4, -0.2) is 185 Å². The highest BCUT2D eigenvalue weighted by atomic mass is 32.2. The van der Waals surface area contributed by atoms with E-state index < -0.39 is 139 Å². The first-order chi connectivity index (χ1) is 64.7. The largest absolute Gasteiger partial charge is 0.481 e. The molecule has 37 nitrogen and oxygen atoms in total. The normalized spacial score (nSPS) is 18.0. The molecule has 4 aromatic carbocycles. The molecule has 6 amide bonds. The number of nitrogens with zero attached hydrogens (tertiary/aromatic N) is 5. The molecule has 0 bridgehead atoms. The van der Waals surface area contributed by atoms with Crippen molar-refractivity contribution in [1.29, 1.82) is 0 Å². The van der Waals surface area contributed by atoms with Gasteiger partial charge in [0.05, 0.1) is 11.5 Å². The van der Waals surface area contributed by atoms with Gasteiger partial charge < -0.3 is 41.0 Å². The van der Waals surface area contributed by atoms with Gasteiger partial charge in [-0.25, -0.2) is 4.79 Å². The van der Waals surface area contributed by atoms with E-state index in [0.29, 0.717) is 43.6 Å². The number of aryl methyl sites for hydroxylation is 2. The molecule has 137 heavy (non-hydrogen) atoms. The third-order valence-electron chi connectivity index (χ3n) is 22.7. The van der Waals surface area contributed by atoms with Gasteiger partial charge in [-0.1, -0.05) is 201 Å². The zero-order valence-corrected chi connectivity index (χ0v) is 83.8. The number of hydroxylamine groups is 2. The van der Waals surface area contributed by atoms with E-state index in [9.17, 15) is 64.3 Å². The monoisotopic (exact) mass is 2050 g/mol. The number of hydrogen-bond donors (Lipinski definition) is 7. The number of rotatable bonds is 39. The van der Waals surface area contributed by atoms with Crippen LogP contribution in [0.1, 0.15) is 205 Å². The maximum absolute atomic E-state index is 14.6. The molecule has 0 spiro atoms. The lowest BCUT2D eigenvalue weighted by Crippen LogP contribution is -2.53. The summed E-state index contributed by atoms with van der Waals surface area (Å²) in [6.45, 7) is 20.4. The number of hydrogen-bond acceptors (Lipinski definition) is 29. The van der Waals surface area contributed by atoms with Crippen LogP contribution in [-0.2, 0) is 130 Å². The highest BCUT2D eigenvalue weighted by Gasteiger charge is 2.51. The fourth-order valence-electron chi connectivity index (χ4n) is 16.5. The van der Waals surface area contributed by atoms with Gasteiger partial charge in [0.15, 0.2) is 0 Å². The molecule has 1 saturated heterocycles. The fourth-order valence-corrected chi connectivity index (χ4v) is 19.4. The van der Waals surface area contributed by atoms with Crippen LogP contribution in [0.5, 0.6) is 0 Å². The number of carbonyl (C=O) groups excluding carboxylic acids is 7. The van der Waals surface area contributed by atoms with Crippen molar-refractivity contribution in [3.63, 3.8) is 0 Å². The average Bonchev–Trinajstić information content (AvgIpc) is 1.06. The number of carboxylic acids is 1. The Kier molecular flexibility index (Phi) is 45.5. The lowest BCUT2D eigenvalue weighted by molar-refractivity contribution is -0.669. The molecule has 2 unspecified atom stereocenters. The van der Waals surface area contributed by atoms with Crippen molar-refractivity contribution >= 4 is 177 Å². The van der Waals surface area contributed by atoms with Crippen LogP contribution in [0.2, 0.25) is 0 Å². The Morgan fingerprint density at radius 3 is 1.14 bits per heavy atom. The highest BCUT2D eigenvalue weighted by molar-refractivity contribution is 7.86. The molecule has 0 saturated carbocycles. The minimum Gasteiger partial charge on any atom is -0.481 e. The topological polar surface area (TPSA) is 545 Å². The Bertz CT molecular complexity index is 6250. The number of aromatic nitrogens is 2. The number of aliphatic carboxylic acids is 1. The van der Waals surface area contributed by atoms with Crippen molar-refractivity contribution in [3.05, 3.63) is 200 Å². The zero-order chi connectivity index (χ0) is 102. The summed E-state index contributed by atoms with van der Waals surface area (Å²) in [6, 6.07) is 33.3. The summed E-state index contributed by atoms with van der Waals surface area (Å²) in [5.74, 6) is -6.43. The van der Waals surface area contributed by atoms with Crippen molar-refractivity contribution in [2.24, 2.45) is 10.8 Å². The van der Waals surface area contributed by atoms with Gasteiger partial charge in [-0.2, -0.15) is 26.0 Å². The van der Waals surface area contributed by atoms with Gasteiger partial charge in [0.2, 0.25) is 34.7 Å². The summed E-state index contributed by atoms with van der Waals surface area (Å²) in [5.41, 5.74) is 8.19. The first-order valence-corrected chi connectivity index (χ1v) is 53.1. The number of nitrogens with one attached hydrogen (secondary N) is 4. The molecule has 6 aromatic rings. The Morgan fingerprint density at radius 2 is 0.788 bits per heavy atom. The molecule has 2 aliphatic carbocycles. The smallest absolute Gasteiger partial charge is 0.425 e. The molecular weight excluding hydrogens is 1940 g/mol. The summed E-state index contributed by atoms with van der Waals surface area (Å²) < 4.78 is 174. The van der Waals surface area contributed by atoms with Crippen molar-refractivity contribution in [3.8, 4) is 0 Å². The van der Waals surface area contributed by atoms with Gasteiger partial charge >= 0.3 is 54.4 Å². The molecule has 7 N–H and O–H groups in total. The summed E-state index contributed by atoms with van der Waals surface area (Å²) in [6.07, 6.45) is 29.2. The molecule has 2 atom stereocenters. The average molecular weight is 2050 g/mol. The zero-order valence-electron chi connectivity index (χ0n) is 77.3. The number of benzene rings is 4. The van der Waals surface area contributed by atoms with E-state index in [4.69, 9.17) is 60.5 Å². The minimum absolute atomic E-state index is 0.00395. The van der Waals surface area contributed by atoms with Crippen molar-refractivity contribution in [2.75, 3.05) is 60.6 Å². The molecule has 2 aromatic heterocycles. The van der Waals surface area contributed by atoms with Crippen LogP contribution < -0.4 is 40.2 Å². The Morgan fingerprint density at radius 1 is 0.445 bits per heavy atom. The molecular formula is C92H117N9O28S8+2. The fraction of sp³-hybridized carbons (Fsp3) is 0.457. The van der Waals surface area contributed by atoms with Crippen molar-refractivity contribution < 1.29 is 134 Å². The lowest BCUT2D eigenvalue weighted by Gasteiger charge is -2.35. The van der Waals surface area contributed by atoms with E-state index in [-0.39, 0.29) is 81.8 Å². The summed E-state index contributed by atoms with van der Waals surface area (Å²) in [4.78, 5) is 115. The van der Waals surface area contributed by atoms with Gasteiger partial charge in [0.25, 0.3) is 42.1 Å². The third-order valence-corrected chi connectivity index (χ3v) is 26.4. The number of imide groups is 1. The number of fused-ring (bicyclic) bond motifs is 4. The Labute approximate surface area is 810 Å². The second-order valence-electron chi connectivity index (χ2n) is 33.4. The standard InChI is InChI=1S/C48H59N5O9S2.C44H56N4O7S2.4O3S/c1-5-7-29-51-37-16-11-10-15-36(37)47(3,4)40(51)22-20-34-31-35(21-25-43-52(28-6-2)38-17-12-13-18-39(38)63-43)33-48(32-34,46(58)50-27-30-64(59,60)61)45(57)49-26-14-8-9-19-44(56)62-53-41(54)23-24-42(53)55;1-5-7-27-47-35-16-11-10-15-34(35)43(3,4)38(47)22-20-32-29-33(21-23-39-48(26-6-2)36-17-12-13-18-37(36)56-39)31-44(30-32,42(52)46-25-28-57(53,54)55)41(51)45-24-14-8-9-19-40(49)50;4*1-4(2)3/h10-13,15-18,20-22,25,31H,5-9,14,19,23-24,26-30,32-33H2,1-4H3,(H2-,49,50,57,58,59,60,61);10-13,15-18,20-23,29H,5-9,14,19,24-28,30-31H2,1-4H3,(H3-,45,46,49,50,51,52,53,54,55);;;;/p+2. The number of carboxylic acid groups (broad SMARTS) is 1. The number of unbranched alkanes of at least 4 members (excludes halogenated alkanes) is 6. The van der Waals surface area contributed by atoms with Crippen LogP contribution in [0.4, 0.5) is 11.4 Å². The van der Waals surface area contributed by atoms with Gasteiger partial charge in [0.1, 0.15) is 33.3 Å². The molecule has 5 aliphatic rings. The summed E-state index contributed by atoms with van der Waals surface area (Å²) in [5, 5.41) is 22.8. The number of para-hydroxylation sites is 4. The molecule has 5 heterocycles. The van der Waals surface area contributed by atoms with Crippen molar-refractivity contribution in [2.45, 2.75) is 208 Å². The third kappa shape index (κ3) is 34.8. The second kappa shape index (κ2) is 54.5. The maximum atomic E-state index is 14.6. The maximum Gasteiger partial charge on any atom is 0.425 e. The van der Waals surface area contributed by atoms with Crippen molar-refractivity contribution in [1.82, 2.24) is 26.3 Å². The predicted molar refractivity (Wildman–Crippen MR) is 513 cm³/mol. The molecule has 744 valence electrons. The van der Waals surface area contributed by atoms with Gasteiger partial charge in [-0.05, 0) is 134 Å². The Hall–Kier alpha value is -11.6. The molecule has 11 rings (SSSR count). The van der Waals surface area contributed by atoms with E-state index in [1.807, 2.05) is 85.0 Å². The number of thiazole rings is 2. The number of carbonyl (C=O) groups is 8. The molecule has 45 heteroatoms. The molecule has 3 aliphatic heterocycles. The van der Waals surface area contributed by atoms with Gasteiger partial charge in [-0.15, -0.1) is 55.6 Å². The van der Waals surface area contributed by atoms with Gasteiger partial charge in [0, 0.05) is 136 Å². The predicted octanol–water partition coefficient (Wildman–Crippen LogP) is 10.5. The summed E-state index contributed by atoms with van der Waals surface area (Å²) in [7, 11) is -21.2. The lowest BCUT2D eigenvalue weighted by atomic mass is 9.70. The second-order valence-corrected chi connectivity index (χ2v) is 40.4. The van der Waals surface area contributed by atoms with Crippen LogP contribution in [0.25, 0.3) is 32.6 Å². The first-order valence-electron chi connectivity index (χ1n) is 44.3.